The number of hydrogen-bond acceptors (Lipinski definition) is 1. The largest absolute Gasteiger partial charge is 0.478 e. The normalized spacial score (nSPS) is 8.70. The highest BCUT2D eigenvalue weighted by atomic mass is 79.9. The number of carboxylic acid groups (broad SMARTS) is 1. The van der Waals surface area contributed by atoms with Crippen LogP contribution in [-0.4, -0.2) is 16.4 Å². The van der Waals surface area contributed by atoms with Gasteiger partial charge in [0.05, 0.1) is 0 Å². The highest BCUT2D eigenvalue weighted by molar-refractivity contribution is 9.09. The first-order chi connectivity index (χ1) is 4.77. The zero-order chi connectivity index (χ0) is 8.41. The number of alkyl halides is 1. The topological polar surface area (TPSA) is 37.3 Å². The average Bonchev–Trinajstić information content (AvgIpc) is 1.92. The van der Waals surface area contributed by atoms with Gasteiger partial charge in [0.2, 0.25) is 0 Å². The molecule has 0 aromatic rings. The molecule has 0 atom stereocenters. The zero-order valence-corrected chi connectivity index (χ0v) is 7.89. The van der Waals surface area contributed by atoms with Crippen molar-refractivity contribution < 1.29 is 9.90 Å². The third kappa shape index (κ3) is 15.6. The molecule has 0 aliphatic carbocycles. The molecule has 0 aromatic heterocycles. The van der Waals surface area contributed by atoms with Gasteiger partial charge < -0.3 is 5.11 Å². The van der Waals surface area contributed by atoms with Crippen molar-refractivity contribution >= 4 is 21.9 Å². The first-order valence-electron chi connectivity index (χ1n) is 3.23. The molecule has 0 heterocycles. The molecule has 0 saturated heterocycles. The van der Waals surface area contributed by atoms with Crippen LogP contribution in [0.15, 0.2) is 12.2 Å². The number of carboxylic acids is 1. The third-order valence-electron chi connectivity index (χ3n) is 0.536. The molecule has 1 N–H and O–H groups in total. The third-order valence-corrected chi connectivity index (χ3v) is 0.994. The van der Waals surface area contributed by atoms with Crippen molar-refractivity contribution in [1.29, 1.82) is 0 Å². The van der Waals surface area contributed by atoms with E-state index < -0.39 is 5.97 Å². The van der Waals surface area contributed by atoms with Crippen LogP contribution in [0.4, 0.5) is 0 Å². The van der Waals surface area contributed by atoms with Gasteiger partial charge in [-0.1, -0.05) is 35.9 Å². The molecule has 2 nitrogen and oxygen atoms in total. The lowest BCUT2D eigenvalue weighted by Gasteiger charge is -1.78. The van der Waals surface area contributed by atoms with E-state index in [1.165, 1.54) is 0 Å². The summed E-state index contributed by atoms with van der Waals surface area (Å²) in [4.78, 5) is 9.77. The fourth-order valence-electron chi connectivity index (χ4n) is 0.247. The van der Waals surface area contributed by atoms with Gasteiger partial charge in [-0.25, -0.2) is 4.79 Å². The van der Waals surface area contributed by atoms with Gasteiger partial charge in [0.1, 0.15) is 0 Å². The first-order valence-corrected chi connectivity index (χ1v) is 4.35. The Morgan fingerprint density at radius 1 is 1.60 bits per heavy atom. The molecule has 0 unspecified atom stereocenters. The van der Waals surface area contributed by atoms with Crippen molar-refractivity contribution in [2.24, 2.45) is 0 Å². The van der Waals surface area contributed by atoms with Crippen LogP contribution in [-0.2, 0) is 4.79 Å². The number of carbonyl (C=O) groups is 1. The van der Waals surface area contributed by atoms with Crippen molar-refractivity contribution in [3.8, 4) is 0 Å². The summed E-state index contributed by atoms with van der Waals surface area (Å²) in [5.74, 6) is -0.883. The molecule has 0 aliphatic rings. The molecule has 0 rings (SSSR count). The second-order valence-corrected chi connectivity index (χ2v) is 2.01. The fraction of sp³-hybridized carbons (Fsp3) is 0.571. The highest BCUT2D eigenvalue weighted by Gasteiger charge is 1.81. The molecule has 0 spiro atoms. The van der Waals surface area contributed by atoms with Crippen LogP contribution in [0.3, 0.4) is 0 Å². The molecule has 3 heteroatoms. The number of aliphatic carboxylic acids is 1. The van der Waals surface area contributed by atoms with E-state index >= 15 is 0 Å². The van der Waals surface area contributed by atoms with Gasteiger partial charge in [-0.2, -0.15) is 0 Å². The predicted octanol–water partition coefficient (Wildman–Crippen LogP) is 2.44. The Bertz CT molecular complexity index is 99.8. The first kappa shape index (κ1) is 12.4. The van der Waals surface area contributed by atoms with Gasteiger partial charge in [-0.05, 0) is 6.42 Å². The fourth-order valence-corrected chi connectivity index (χ4v) is 0.511. The Kier molecular flexibility index (Phi) is 14.2. The molecule has 0 fully saturated rings. The molecule has 0 bridgehead atoms. The van der Waals surface area contributed by atoms with Gasteiger partial charge in [0.25, 0.3) is 0 Å². The quantitative estimate of drug-likeness (QED) is 0.572. The lowest BCUT2D eigenvalue weighted by atomic mass is 10.4. The van der Waals surface area contributed by atoms with E-state index in [0.29, 0.717) is 0 Å². The molecule has 10 heavy (non-hydrogen) atoms. The Labute approximate surface area is 70.1 Å². The molecular weight excluding hydrogens is 196 g/mol. The minimum Gasteiger partial charge on any atom is -0.478 e. The SMILES string of the molecule is CC.O=C(O)C=CCCBr. The second kappa shape index (κ2) is 11.5. The van der Waals surface area contributed by atoms with Crippen LogP contribution in [0.1, 0.15) is 20.3 Å². The Morgan fingerprint density at radius 2 is 2.10 bits per heavy atom. The van der Waals surface area contributed by atoms with Gasteiger partial charge >= 0.3 is 5.97 Å². The summed E-state index contributed by atoms with van der Waals surface area (Å²) in [7, 11) is 0. The molecule has 0 radical (unpaired) electrons. The van der Waals surface area contributed by atoms with Gasteiger partial charge in [-0.3, -0.25) is 0 Å². The minimum atomic E-state index is -0.883. The Hall–Kier alpha value is -0.310. The van der Waals surface area contributed by atoms with Crippen LogP contribution >= 0.6 is 15.9 Å². The summed E-state index contributed by atoms with van der Waals surface area (Å²) < 4.78 is 0. The van der Waals surface area contributed by atoms with Crippen LogP contribution in [0.25, 0.3) is 0 Å². The van der Waals surface area contributed by atoms with Gasteiger partial charge in [0.15, 0.2) is 0 Å². The van der Waals surface area contributed by atoms with E-state index in [-0.39, 0.29) is 0 Å². The predicted molar refractivity (Wildman–Crippen MR) is 46.5 cm³/mol. The lowest BCUT2D eigenvalue weighted by Crippen LogP contribution is -1.85. The maximum atomic E-state index is 9.77. The minimum absolute atomic E-state index is 0.770. The van der Waals surface area contributed by atoms with Crippen molar-refractivity contribution in [2.75, 3.05) is 5.33 Å². The Morgan fingerprint density at radius 3 is 2.40 bits per heavy atom. The van der Waals surface area contributed by atoms with Crippen molar-refractivity contribution in [3.63, 3.8) is 0 Å². The van der Waals surface area contributed by atoms with Crippen molar-refractivity contribution in [1.82, 2.24) is 0 Å². The summed E-state index contributed by atoms with van der Waals surface area (Å²) in [5.41, 5.74) is 0. The maximum absolute atomic E-state index is 9.77. The van der Waals surface area contributed by atoms with Crippen LogP contribution in [0.2, 0.25) is 0 Å². The highest BCUT2D eigenvalue weighted by Crippen LogP contribution is 1.87. The standard InChI is InChI=1S/C5H7BrO2.C2H6/c6-4-2-1-3-5(7)8;1-2/h1,3H,2,4H2,(H,7,8);1-2H3. The molecule has 0 aromatic carbocycles. The monoisotopic (exact) mass is 208 g/mol. The number of rotatable bonds is 3. The maximum Gasteiger partial charge on any atom is 0.327 e. The Balaban J connectivity index is 0. The molecular formula is C7H13BrO2. The van der Waals surface area contributed by atoms with E-state index in [9.17, 15) is 4.79 Å². The average molecular weight is 209 g/mol. The van der Waals surface area contributed by atoms with E-state index in [0.717, 1.165) is 17.8 Å². The van der Waals surface area contributed by atoms with E-state index in [1.807, 2.05) is 13.8 Å². The molecule has 60 valence electrons. The van der Waals surface area contributed by atoms with Crippen LogP contribution < -0.4 is 0 Å². The summed E-state index contributed by atoms with van der Waals surface area (Å²) in [5, 5.41) is 8.85. The molecule has 0 aliphatic heterocycles. The molecule has 0 saturated carbocycles. The van der Waals surface area contributed by atoms with E-state index in [4.69, 9.17) is 5.11 Å². The number of allylic oxidation sites excluding steroid dienone is 1. The summed E-state index contributed by atoms with van der Waals surface area (Å²) >= 11 is 3.16. The number of halogens is 1. The summed E-state index contributed by atoms with van der Waals surface area (Å²) in [6.07, 6.45) is 3.52. The zero-order valence-electron chi connectivity index (χ0n) is 6.30. The number of hydrogen-bond donors (Lipinski definition) is 1. The van der Waals surface area contributed by atoms with E-state index in [1.54, 1.807) is 6.08 Å². The summed E-state index contributed by atoms with van der Waals surface area (Å²) in [6.45, 7) is 4.00. The van der Waals surface area contributed by atoms with Crippen LogP contribution in [0, 0.1) is 0 Å². The van der Waals surface area contributed by atoms with E-state index in [2.05, 4.69) is 15.9 Å². The summed E-state index contributed by atoms with van der Waals surface area (Å²) in [6, 6.07) is 0. The second-order valence-electron chi connectivity index (χ2n) is 1.22. The lowest BCUT2D eigenvalue weighted by molar-refractivity contribution is -0.131. The smallest absolute Gasteiger partial charge is 0.327 e. The van der Waals surface area contributed by atoms with Crippen molar-refractivity contribution in [2.45, 2.75) is 20.3 Å². The molecule has 0 amide bonds. The van der Waals surface area contributed by atoms with Gasteiger partial charge in [0, 0.05) is 11.4 Å². The van der Waals surface area contributed by atoms with Gasteiger partial charge in [-0.15, -0.1) is 0 Å². The van der Waals surface area contributed by atoms with Crippen molar-refractivity contribution in [3.05, 3.63) is 12.2 Å². The van der Waals surface area contributed by atoms with Crippen LogP contribution in [0.5, 0.6) is 0 Å².